The third-order valence-electron chi connectivity index (χ3n) is 3.33. The Hall–Kier alpha value is -0.200. The van der Waals surface area contributed by atoms with Gasteiger partial charge in [0.2, 0.25) is 0 Å². The summed E-state index contributed by atoms with van der Waals surface area (Å²) in [6, 6.07) is 0.118. The molecule has 0 radical (unpaired) electrons. The summed E-state index contributed by atoms with van der Waals surface area (Å²) in [6.45, 7) is 5.78. The maximum absolute atomic E-state index is 9.79. The smallest absolute Gasteiger partial charge is 0.0897 e. The molecule has 1 fully saturated rings. The third kappa shape index (κ3) is 7.84. The molecule has 0 heterocycles. The van der Waals surface area contributed by atoms with Crippen molar-refractivity contribution in [2.75, 3.05) is 26.4 Å². The minimum Gasteiger partial charge on any atom is -0.392 e. The van der Waals surface area contributed by atoms with Crippen LogP contribution in [0.1, 0.15) is 39.5 Å². The summed E-state index contributed by atoms with van der Waals surface area (Å²) in [5.41, 5.74) is 0. The number of ether oxygens (including phenoxy) is 2. The Labute approximate surface area is 116 Å². The maximum atomic E-state index is 9.79. The Morgan fingerprint density at radius 3 is 2.63 bits per heavy atom. The monoisotopic (exact) mass is 275 g/mol. The lowest BCUT2D eigenvalue weighted by molar-refractivity contribution is -0.0124. The number of rotatable bonds is 9. The lowest BCUT2D eigenvalue weighted by Gasteiger charge is -2.29. The van der Waals surface area contributed by atoms with Crippen molar-refractivity contribution >= 4 is 0 Å². The van der Waals surface area contributed by atoms with E-state index in [1.807, 2.05) is 13.8 Å². The molecule has 0 spiro atoms. The topological polar surface area (TPSA) is 71.0 Å². The first-order valence-corrected chi connectivity index (χ1v) is 7.38. The Morgan fingerprint density at radius 1 is 1.21 bits per heavy atom. The summed E-state index contributed by atoms with van der Waals surface area (Å²) < 4.78 is 10.7. The van der Waals surface area contributed by atoms with E-state index in [0.717, 1.165) is 25.7 Å². The van der Waals surface area contributed by atoms with E-state index in [4.69, 9.17) is 9.47 Å². The highest BCUT2D eigenvalue weighted by atomic mass is 16.5. The van der Waals surface area contributed by atoms with Gasteiger partial charge in [-0.2, -0.15) is 0 Å². The second-order valence-corrected chi connectivity index (χ2v) is 5.51. The van der Waals surface area contributed by atoms with Gasteiger partial charge >= 0.3 is 0 Å². The summed E-state index contributed by atoms with van der Waals surface area (Å²) in [4.78, 5) is 0. The molecule has 1 aliphatic carbocycles. The fourth-order valence-corrected chi connectivity index (χ4v) is 2.26. The SMILES string of the molecule is CC(C)OCCOCC(O)CNC1CCCCC1O. The minimum atomic E-state index is -0.534. The molecule has 0 aromatic heterocycles. The van der Waals surface area contributed by atoms with Crippen LogP contribution >= 0.6 is 0 Å². The second-order valence-electron chi connectivity index (χ2n) is 5.51. The summed E-state index contributed by atoms with van der Waals surface area (Å²) in [6.07, 6.45) is 3.49. The van der Waals surface area contributed by atoms with E-state index >= 15 is 0 Å². The van der Waals surface area contributed by atoms with Crippen molar-refractivity contribution < 1.29 is 19.7 Å². The number of hydrogen-bond acceptors (Lipinski definition) is 5. The molecule has 3 unspecified atom stereocenters. The molecule has 0 aromatic carbocycles. The average Bonchev–Trinajstić information content (AvgIpc) is 2.37. The molecule has 19 heavy (non-hydrogen) atoms. The van der Waals surface area contributed by atoms with Gasteiger partial charge in [0.05, 0.1) is 38.1 Å². The van der Waals surface area contributed by atoms with E-state index in [0.29, 0.717) is 26.4 Å². The van der Waals surface area contributed by atoms with E-state index in [1.54, 1.807) is 0 Å². The normalized spacial score (nSPS) is 25.7. The first-order chi connectivity index (χ1) is 9.09. The van der Waals surface area contributed by atoms with Crippen LogP contribution in [0.15, 0.2) is 0 Å². The summed E-state index contributed by atoms with van der Waals surface area (Å²) in [5, 5.41) is 22.8. The Kier molecular flexibility index (Phi) is 8.57. The molecule has 0 bridgehead atoms. The summed E-state index contributed by atoms with van der Waals surface area (Å²) >= 11 is 0. The lowest BCUT2D eigenvalue weighted by Crippen LogP contribution is -2.45. The standard InChI is InChI=1S/C14H29NO4/c1-11(2)19-8-7-18-10-12(16)9-15-13-5-3-4-6-14(13)17/h11-17H,3-10H2,1-2H3. The fourth-order valence-electron chi connectivity index (χ4n) is 2.26. The number of aliphatic hydroxyl groups is 2. The van der Waals surface area contributed by atoms with E-state index in [-0.39, 0.29) is 18.2 Å². The molecule has 3 atom stereocenters. The molecule has 1 saturated carbocycles. The van der Waals surface area contributed by atoms with Crippen molar-refractivity contribution in [1.29, 1.82) is 0 Å². The van der Waals surface area contributed by atoms with Gasteiger partial charge in [0.15, 0.2) is 0 Å². The van der Waals surface area contributed by atoms with Crippen molar-refractivity contribution in [3.8, 4) is 0 Å². The lowest BCUT2D eigenvalue weighted by atomic mass is 9.92. The molecule has 5 heteroatoms. The van der Waals surface area contributed by atoms with Crippen molar-refractivity contribution in [1.82, 2.24) is 5.32 Å². The highest BCUT2D eigenvalue weighted by Crippen LogP contribution is 2.18. The van der Waals surface area contributed by atoms with Gasteiger partial charge in [-0.05, 0) is 26.7 Å². The Balaban J connectivity index is 1.99. The van der Waals surface area contributed by atoms with Gasteiger partial charge in [0, 0.05) is 12.6 Å². The van der Waals surface area contributed by atoms with E-state index in [2.05, 4.69) is 5.32 Å². The highest BCUT2D eigenvalue weighted by Gasteiger charge is 2.22. The summed E-state index contributed by atoms with van der Waals surface area (Å²) in [7, 11) is 0. The van der Waals surface area contributed by atoms with E-state index in [9.17, 15) is 10.2 Å². The zero-order valence-corrected chi connectivity index (χ0v) is 12.2. The molecule has 114 valence electrons. The molecule has 0 aromatic rings. The van der Waals surface area contributed by atoms with Crippen molar-refractivity contribution in [2.45, 2.75) is 63.9 Å². The first kappa shape index (κ1) is 16.9. The van der Waals surface area contributed by atoms with Crippen LogP contribution in [-0.4, -0.2) is 60.9 Å². The van der Waals surface area contributed by atoms with Crippen LogP contribution in [0, 0.1) is 0 Å². The van der Waals surface area contributed by atoms with Crippen LogP contribution in [-0.2, 0) is 9.47 Å². The van der Waals surface area contributed by atoms with Crippen molar-refractivity contribution in [3.63, 3.8) is 0 Å². The van der Waals surface area contributed by atoms with Gasteiger partial charge in [-0.3, -0.25) is 0 Å². The van der Waals surface area contributed by atoms with Crippen LogP contribution < -0.4 is 5.32 Å². The molecule has 0 amide bonds. The molecular weight excluding hydrogens is 246 g/mol. The number of nitrogens with one attached hydrogen (secondary N) is 1. The second kappa shape index (κ2) is 9.66. The van der Waals surface area contributed by atoms with Crippen molar-refractivity contribution in [2.24, 2.45) is 0 Å². The van der Waals surface area contributed by atoms with Crippen LogP contribution in [0.2, 0.25) is 0 Å². The van der Waals surface area contributed by atoms with Crippen LogP contribution in [0.5, 0.6) is 0 Å². The Bertz CT molecular complexity index is 225. The number of hydrogen-bond donors (Lipinski definition) is 3. The highest BCUT2D eigenvalue weighted by molar-refractivity contribution is 4.81. The van der Waals surface area contributed by atoms with Crippen LogP contribution in [0.3, 0.4) is 0 Å². The number of aliphatic hydroxyl groups excluding tert-OH is 2. The zero-order chi connectivity index (χ0) is 14.1. The largest absolute Gasteiger partial charge is 0.392 e. The van der Waals surface area contributed by atoms with Crippen LogP contribution in [0.4, 0.5) is 0 Å². The molecule has 3 N–H and O–H groups in total. The van der Waals surface area contributed by atoms with Gasteiger partial charge in [0.1, 0.15) is 0 Å². The molecule has 5 nitrogen and oxygen atoms in total. The quantitative estimate of drug-likeness (QED) is 0.540. The Morgan fingerprint density at radius 2 is 1.95 bits per heavy atom. The first-order valence-electron chi connectivity index (χ1n) is 7.38. The molecule has 1 rings (SSSR count). The predicted octanol–water partition coefficient (Wildman–Crippen LogP) is 0.682. The van der Waals surface area contributed by atoms with Gasteiger partial charge in [-0.15, -0.1) is 0 Å². The maximum Gasteiger partial charge on any atom is 0.0897 e. The molecular formula is C14H29NO4. The predicted molar refractivity (Wildman–Crippen MR) is 74.2 cm³/mol. The minimum absolute atomic E-state index is 0.118. The third-order valence-corrected chi connectivity index (χ3v) is 3.33. The van der Waals surface area contributed by atoms with E-state index < -0.39 is 6.10 Å². The molecule has 0 aliphatic heterocycles. The van der Waals surface area contributed by atoms with Gasteiger partial charge in [0.25, 0.3) is 0 Å². The van der Waals surface area contributed by atoms with Crippen molar-refractivity contribution in [3.05, 3.63) is 0 Å². The average molecular weight is 275 g/mol. The van der Waals surface area contributed by atoms with Crippen LogP contribution in [0.25, 0.3) is 0 Å². The van der Waals surface area contributed by atoms with Gasteiger partial charge in [-0.25, -0.2) is 0 Å². The summed E-state index contributed by atoms with van der Waals surface area (Å²) in [5.74, 6) is 0. The fraction of sp³-hybridized carbons (Fsp3) is 1.00. The van der Waals surface area contributed by atoms with Gasteiger partial charge in [-0.1, -0.05) is 12.8 Å². The van der Waals surface area contributed by atoms with Gasteiger partial charge < -0.3 is 25.0 Å². The molecule has 0 saturated heterocycles. The molecule has 1 aliphatic rings. The van der Waals surface area contributed by atoms with E-state index in [1.165, 1.54) is 0 Å². The zero-order valence-electron chi connectivity index (χ0n) is 12.2.